The number of fused-ring (bicyclic) bond motifs is 6. The van der Waals surface area contributed by atoms with Crippen LogP contribution in [0.15, 0.2) is 133 Å². The Balaban J connectivity index is 1.34. The number of para-hydroxylation sites is 2. The Bertz CT molecular complexity index is 2060. The molecule has 0 radical (unpaired) electrons. The minimum Gasteiger partial charge on any atom is -0.309 e. The molecule has 2 nitrogen and oxygen atoms in total. The molecular formula is C36H24BFN2. The van der Waals surface area contributed by atoms with Gasteiger partial charge in [0, 0.05) is 32.9 Å². The number of benzene rings is 6. The molecule has 2 aromatic heterocycles. The predicted octanol–water partition coefficient (Wildman–Crippen LogP) is 7.95. The first kappa shape index (κ1) is 22.9. The molecule has 0 N–H and O–H groups in total. The largest absolute Gasteiger partial charge is 0.309 e. The maximum atomic E-state index is 13.7. The Morgan fingerprint density at radius 1 is 0.425 bits per heavy atom. The van der Waals surface area contributed by atoms with Gasteiger partial charge in [0.15, 0.2) is 0 Å². The van der Waals surface area contributed by atoms with Crippen LogP contribution in [0.1, 0.15) is 0 Å². The molecule has 0 fully saturated rings. The van der Waals surface area contributed by atoms with Crippen LogP contribution >= 0.6 is 0 Å². The molecule has 0 aliphatic heterocycles. The average molecular weight is 514 g/mol. The first-order chi connectivity index (χ1) is 19.7. The zero-order valence-corrected chi connectivity index (χ0v) is 22.0. The smallest absolute Gasteiger partial charge is 0.139 e. The van der Waals surface area contributed by atoms with Crippen molar-refractivity contribution in [3.8, 4) is 22.5 Å². The highest BCUT2D eigenvalue weighted by atomic mass is 19.1. The Morgan fingerprint density at radius 3 is 1.35 bits per heavy atom. The number of hydrogen-bond donors (Lipinski definition) is 0. The maximum Gasteiger partial charge on any atom is 0.139 e. The molecule has 188 valence electrons. The summed E-state index contributed by atoms with van der Waals surface area (Å²) in [5, 5.41) is 4.84. The van der Waals surface area contributed by atoms with Crippen molar-refractivity contribution in [1.82, 2.24) is 9.13 Å². The molecule has 2 heterocycles. The van der Waals surface area contributed by atoms with E-state index < -0.39 is 0 Å². The molecular weight excluding hydrogens is 490 g/mol. The molecule has 0 saturated carbocycles. The summed E-state index contributed by atoms with van der Waals surface area (Å²) in [5.41, 5.74) is 10.3. The summed E-state index contributed by atoms with van der Waals surface area (Å²) in [4.78, 5) is 0. The fourth-order valence-corrected chi connectivity index (χ4v) is 6.15. The van der Waals surface area contributed by atoms with Crippen molar-refractivity contribution in [3.05, 3.63) is 139 Å². The summed E-state index contributed by atoms with van der Waals surface area (Å²) in [7, 11) is 2.12. The monoisotopic (exact) mass is 514 g/mol. The summed E-state index contributed by atoms with van der Waals surface area (Å²) in [6.45, 7) is 0. The lowest BCUT2D eigenvalue weighted by atomic mass is 9.96. The van der Waals surface area contributed by atoms with Crippen molar-refractivity contribution in [2.45, 2.75) is 0 Å². The van der Waals surface area contributed by atoms with Gasteiger partial charge in [-0.25, -0.2) is 4.39 Å². The lowest BCUT2D eigenvalue weighted by molar-refractivity contribution is 0.627. The van der Waals surface area contributed by atoms with E-state index >= 15 is 0 Å². The van der Waals surface area contributed by atoms with Crippen LogP contribution in [0.5, 0.6) is 0 Å². The van der Waals surface area contributed by atoms with Crippen molar-refractivity contribution in [2.24, 2.45) is 0 Å². The number of hydrogen-bond acceptors (Lipinski definition) is 0. The van der Waals surface area contributed by atoms with Crippen LogP contribution in [0.4, 0.5) is 4.39 Å². The minimum absolute atomic E-state index is 0.231. The second-order valence-corrected chi connectivity index (χ2v) is 10.5. The lowest BCUT2D eigenvalue weighted by Gasteiger charge is -2.09. The Hall–Kier alpha value is -5.09. The molecule has 0 atom stereocenters. The number of halogens is 1. The fraction of sp³-hybridized carbons (Fsp3) is 0. The normalized spacial score (nSPS) is 11.7. The van der Waals surface area contributed by atoms with Gasteiger partial charge in [-0.2, -0.15) is 0 Å². The van der Waals surface area contributed by atoms with Crippen LogP contribution in [0.3, 0.4) is 0 Å². The summed E-state index contributed by atoms with van der Waals surface area (Å²) in [6, 6.07) is 46.0. The van der Waals surface area contributed by atoms with Crippen molar-refractivity contribution in [2.75, 3.05) is 0 Å². The third-order valence-corrected chi connectivity index (χ3v) is 8.06. The number of nitrogens with zero attached hydrogens (tertiary/aromatic N) is 2. The van der Waals surface area contributed by atoms with Gasteiger partial charge in [0.05, 0.1) is 22.1 Å². The van der Waals surface area contributed by atoms with Crippen LogP contribution in [0.25, 0.3) is 66.1 Å². The van der Waals surface area contributed by atoms with Crippen LogP contribution in [-0.4, -0.2) is 17.0 Å². The highest BCUT2D eigenvalue weighted by molar-refractivity contribution is 6.32. The Morgan fingerprint density at radius 2 is 0.850 bits per heavy atom. The topological polar surface area (TPSA) is 9.86 Å². The van der Waals surface area contributed by atoms with E-state index in [9.17, 15) is 4.39 Å². The van der Waals surface area contributed by atoms with E-state index in [1.165, 1.54) is 67.0 Å². The first-order valence-corrected chi connectivity index (χ1v) is 13.6. The van der Waals surface area contributed by atoms with E-state index in [4.69, 9.17) is 0 Å². The molecule has 40 heavy (non-hydrogen) atoms. The van der Waals surface area contributed by atoms with Crippen molar-refractivity contribution < 1.29 is 4.39 Å². The first-order valence-electron chi connectivity index (χ1n) is 13.6. The molecule has 4 heteroatoms. The van der Waals surface area contributed by atoms with E-state index in [0.717, 1.165) is 16.7 Å². The van der Waals surface area contributed by atoms with Gasteiger partial charge in [0.2, 0.25) is 0 Å². The van der Waals surface area contributed by atoms with Crippen molar-refractivity contribution >= 4 is 56.9 Å². The number of aromatic nitrogens is 2. The molecule has 0 spiro atoms. The molecule has 8 aromatic rings. The van der Waals surface area contributed by atoms with Crippen LogP contribution in [0.2, 0.25) is 0 Å². The molecule has 6 aromatic carbocycles. The molecule has 8 rings (SSSR count). The van der Waals surface area contributed by atoms with Crippen molar-refractivity contribution in [1.29, 1.82) is 0 Å². The molecule has 0 amide bonds. The quantitative estimate of drug-likeness (QED) is 0.212. The minimum atomic E-state index is -0.231. The summed E-state index contributed by atoms with van der Waals surface area (Å²) >= 11 is 0. The fourth-order valence-electron chi connectivity index (χ4n) is 6.15. The molecule has 0 aliphatic carbocycles. The van der Waals surface area contributed by atoms with Crippen LogP contribution in [0, 0.1) is 5.82 Å². The zero-order valence-electron chi connectivity index (χ0n) is 22.0. The van der Waals surface area contributed by atoms with Gasteiger partial charge in [0.1, 0.15) is 13.7 Å². The summed E-state index contributed by atoms with van der Waals surface area (Å²) in [5.74, 6) is -0.231. The lowest BCUT2D eigenvalue weighted by Crippen LogP contribution is -2.02. The highest BCUT2D eigenvalue weighted by Crippen LogP contribution is 2.38. The Labute approximate surface area is 231 Å². The van der Waals surface area contributed by atoms with Crippen molar-refractivity contribution in [3.63, 3.8) is 0 Å². The van der Waals surface area contributed by atoms with E-state index in [2.05, 4.69) is 126 Å². The second-order valence-electron chi connectivity index (χ2n) is 10.5. The van der Waals surface area contributed by atoms with Gasteiger partial charge >= 0.3 is 0 Å². The van der Waals surface area contributed by atoms with Gasteiger partial charge in [0.25, 0.3) is 0 Å². The van der Waals surface area contributed by atoms with Gasteiger partial charge < -0.3 is 9.13 Å². The van der Waals surface area contributed by atoms with Crippen LogP contribution < -0.4 is 5.46 Å². The standard InChI is InChI=1S/C36H24BFN2/c37-25-11-15-27(16-12-25)39-33-7-3-1-5-29(33)31-21-23(9-19-35(31)39)24-10-20-36-32(22-24)30-6-2-4-8-34(30)40(36)28-17-13-26(38)14-18-28/h1-22H,37H2. The SMILES string of the molecule is Bc1ccc(-n2c3ccccc3c3cc(-c4ccc5c(c4)c4ccccc4n5-c4ccc(F)cc4)ccc32)cc1. The maximum absolute atomic E-state index is 13.7. The molecule has 0 bridgehead atoms. The van der Waals surface area contributed by atoms with E-state index in [-0.39, 0.29) is 5.82 Å². The summed E-state index contributed by atoms with van der Waals surface area (Å²) in [6.07, 6.45) is 0. The van der Waals surface area contributed by atoms with Gasteiger partial charge in [-0.3, -0.25) is 0 Å². The number of rotatable bonds is 3. The molecule has 0 aliphatic rings. The molecule has 0 saturated heterocycles. The van der Waals surface area contributed by atoms with E-state index in [1.54, 1.807) is 0 Å². The van der Waals surface area contributed by atoms with Gasteiger partial charge in [-0.05, 0) is 83.9 Å². The third kappa shape index (κ3) is 3.43. The van der Waals surface area contributed by atoms with Gasteiger partial charge in [-0.1, -0.05) is 66.1 Å². The highest BCUT2D eigenvalue weighted by Gasteiger charge is 2.16. The van der Waals surface area contributed by atoms with E-state index in [1.807, 2.05) is 12.1 Å². The van der Waals surface area contributed by atoms with E-state index in [0.29, 0.717) is 0 Å². The van der Waals surface area contributed by atoms with Gasteiger partial charge in [-0.15, -0.1) is 0 Å². The predicted molar refractivity (Wildman–Crippen MR) is 169 cm³/mol. The summed E-state index contributed by atoms with van der Waals surface area (Å²) < 4.78 is 18.3. The second kappa shape index (κ2) is 8.72. The molecule has 0 unspecified atom stereocenters. The third-order valence-electron chi connectivity index (χ3n) is 8.06. The van der Waals surface area contributed by atoms with Crippen LogP contribution in [-0.2, 0) is 0 Å². The Kier molecular flexibility index (Phi) is 4.98. The average Bonchev–Trinajstić information content (AvgIpc) is 3.50. The zero-order chi connectivity index (χ0) is 26.8.